The number of benzene rings is 1. The van der Waals surface area contributed by atoms with Gasteiger partial charge in [-0.2, -0.15) is 0 Å². The van der Waals surface area contributed by atoms with Gasteiger partial charge in [0.1, 0.15) is 0 Å². The van der Waals surface area contributed by atoms with Crippen LogP contribution >= 0.6 is 0 Å². The molecule has 0 aliphatic heterocycles. The van der Waals surface area contributed by atoms with Gasteiger partial charge in [-0.1, -0.05) is 17.3 Å². The maximum atomic E-state index is 8.67. The normalized spacial score (nSPS) is 11.3. The Bertz CT molecular complexity index is 609. The molecule has 0 saturated heterocycles. The van der Waals surface area contributed by atoms with Gasteiger partial charge in [-0.05, 0) is 51.0 Å². The third kappa shape index (κ3) is 1.92. The lowest BCUT2D eigenvalue weighted by molar-refractivity contribution is 0.322. The summed E-state index contributed by atoms with van der Waals surface area (Å²) in [5.41, 5.74) is 6.89. The predicted molar refractivity (Wildman–Crippen MR) is 74.1 cm³/mol. The van der Waals surface area contributed by atoms with E-state index in [-0.39, 0.29) is 0 Å². The summed E-state index contributed by atoms with van der Waals surface area (Å²) in [5, 5.41) is 11.8. The fourth-order valence-electron chi connectivity index (χ4n) is 2.33. The van der Waals surface area contributed by atoms with Gasteiger partial charge < -0.3 is 9.77 Å². The number of hydrogen-bond donors (Lipinski definition) is 1. The van der Waals surface area contributed by atoms with E-state index in [1.54, 1.807) is 0 Å². The van der Waals surface area contributed by atoms with E-state index in [1.165, 1.54) is 23.0 Å². The lowest BCUT2D eigenvalue weighted by Crippen LogP contribution is -2.02. The largest absolute Gasteiger partial charge is 0.411 e. The van der Waals surface area contributed by atoms with Gasteiger partial charge in [-0.15, -0.1) is 0 Å². The molecular formula is C15H18N2O. The van der Waals surface area contributed by atoms with Gasteiger partial charge >= 0.3 is 0 Å². The number of rotatable bonds is 2. The fourth-order valence-corrected chi connectivity index (χ4v) is 2.33. The fraction of sp³-hybridized carbons (Fsp3) is 0.267. The molecule has 1 aromatic heterocycles. The van der Waals surface area contributed by atoms with Crippen LogP contribution < -0.4 is 0 Å². The summed E-state index contributed by atoms with van der Waals surface area (Å²) >= 11 is 0. The first-order chi connectivity index (χ1) is 8.56. The van der Waals surface area contributed by atoms with Crippen LogP contribution in [0.25, 0.3) is 5.69 Å². The standard InChI is InChI=1S/C15H18N2O/c1-10-6-5-7-15(12(10)3)17-11(2)8-14(9-16-18)13(17)4/h5-9,18H,1-4H3/b16-9+. The van der Waals surface area contributed by atoms with Crippen molar-refractivity contribution in [3.05, 3.63) is 52.3 Å². The summed E-state index contributed by atoms with van der Waals surface area (Å²) < 4.78 is 2.19. The van der Waals surface area contributed by atoms with Gasteiger partial charge in [0.05, 0.1) is 6.21 Å². The van der Waals surface area contributed by atoms with Crippen molar-refractivity contribution in [3.63, 3.8) is 0 Å². The van der Waals surface area contributed by atoms with Gasteiger partial charge in [-0.25, -0.2) is 0 Å². The van der Waals surface area contributed by atoms with Crippen LogP contribution in [-0.4, -0.2) is 16.0 Å². The predicted octanol–water partition coefficient (Wildman–Crippen LogP) is 3.52. The molecule has 0 aliphatic carbocycles. The molecule has 0 aliphatic rings. The van der Waals surface area contributed by atoms with Crippen molar-refractivity contribution in [2.24, 2.45) is 5.16 Å². The van der Waals surface area contributed by atoms with Gasteiger partial charge in [0.25, 0.3) is 0 Å². The van der Waals surface area contributed by atoms with Gasteiger partial charge in [0.15, 0.2) is 0 Å². The van der Waals surface area contributed by atoms with E-state index in [9.17, 15) is 0 Å². The maximum absolute atomic E-state index is 8.67. The molecule has 0 amide bonds. The third-order valence-electron chi connectivity index (χ3n) is 3.48. The average Bonchev–Trinajstić information content (AvgIpc) is 2.60. The van der Waals surface area contributed by atoms with E-state index < -0.39 is 0 Å². The highest BCUT2D eigenvalue weighted by Gasteiger charge is 2.11. The third-order valence-corrected chi connectivity index (χ3v) is 3.48. The summed E-state index contributed by atoms with van der Waals surface area (Å²) in [7, 11) is 0. The highest BCUT2D eigenvalue weighted by molar-refractivity contribution is 5.81. The van der Waals surface area contributed by atoms with E-state index in [0.717, 1.165) is 17.0 Å². The molecule has 0 fully saturated rings. The molecule has 0 spiro atoms. The number of oxime groups is 1. The molecule has 3 nitrogen and oxygen atoms in total. The molecule has 0 saturated carbocycles. The maximum Gasteiger partial charge on any atom is 0.0752 e. The highest BCUT2D eigenvalue weighted by atomic mass is 16.4. The molecule has 94 valence electrons. The lowest BCUT2D eigenvalue weighted by atomic mass is 10.1. The molecule has 1 aromatic carbocycles. The molecule has 3 heteroatoms. The Morgan fingerprint density at radius 1 is 1.17 bits per heavy atom. The molecule has 0 atom stereocenters. The Hall–Kier alpha value is -2.03. The van der Waals surface area contributed by atoms with E-state index >= 15 is 0 Å². The lowest BCUT2D eigenvalue weighted by Gasteiger charge is -2.14. The minimum absolute atomic E-state index is 0.941. The Labute approximate surface area is 107 Å². The molecule has 0 unspecified atom stereocenters. The summed E-state index contributed by atoms with van der Waals surface area (Å²) in [6.45, 7) is 8.34. The Morgan fingerprint density at radius 2 is 1.89 bits per heavy atom. The Balaban J connectivity index is 2.68. The number of hydrogen-bond acceptors (Lipinski definition) is 2. The van der Waals surface area contributed by atoms with E-state index in [2.05, 4.69) is 48.7 Å². The molecule has 2 aromatic rings. The topological polar surface area (TPSA) is 37.5 Å². The van der Waals surface area contributed by atoms with Crippen LogP contribution in [0.5, 0.6) is 0 Å². The van der Waals surface area contributed by atoms with Gasteiger partial charge in [0.2, 0.25) is 0 Å². The van der Waals surface area contributed by atoms with Crippen LogP contribution in [-0.2, 0) is 0 Å². The van der Waals surface area contributed by atoms with E-state index in [0.29, 0.717) is 0 Å². The molecule has 0 bridgehead atoms. The van der Waals surface area contributed by atoms with Crippen LogP contribution in [0.15, 0.2) is 29.4 Å². The zero-order valence-corrected chi connectivity index (χ0v) is 11.2. The molecule has 0 radical (unpaired) electrons. The van der Waals surface area contributed by atoms with Crippen LogP contribution in [0.2, 0.25) is 0 Å². The van der Waals surface area contributed by atoms with Crippen molar-refractivity contribution >= 4 is 6.21 Å². The molecular weight excluding hydrogens is 224 g/mol. The van der Waals surface area contributed by atoms with Gasteiger partial charge in [0, 0.05) is 22.6 Å². The molecule has 1 heterocycles. The van der Waals surface area contributed by atoms with E-state index in [1.807, 2.05) is 13.0 Å². The number of aryl methyl sites for hydroxylation is 2. The quantitative estimate of drug-likeness (QED) is 0.488. The van der Waals surface area contributed by atoms with Crippen LogP contribution in [0.4, 0.5) is 0 Å². The summed E-state index contributed by atoms with van der Waals surface area (Å²) in [5.74, 6) is 0. The molecule has 18 heavy (non-hydrogen) atoms. The first-order valence-corrected chi connectivity index (χ1v) is 5.99. The van der Waals surface area contributed by atoms with Crippen molar-refractivity contribution in [3.8, 4) is 5.69 Å². The minimum atomic E-state index is 0.941. The SMILES string of the molecule is Cc1cccc(-n2c(C)cc(/C=N/O)c2C)c1C. The van der Waals surface area contributed by atoms with E-state index in [4.69, 9.17) is 5.21 Å². The van der Waals surface area contributed by atoms with Crippen LogP contribution in [0.1, 0.15) is 28.1 Å². The Kier molecular flexibility index (Phi) is 3.24. The molecule has 1 N–H and O–H groups in total. The molecule has 2 rings (SSSR count). The highest BCUT2D eigenvalue weighted by Crippen LogP contribution is 2.24. The second kappa shape index (κ2) is 4.69. The monoisotopic (exact) mass is 242 g/mol. The van der Waals surface area contributed by atoms with Crippen molar-refractivity contribution in [1.82, 2.24) is 4.57 Å². The van der Waals surface area contributed by atoms with Crippen LogP contribution in [0, 0.1) is 27.7 Å². The van der Waals surface area contributed by atoms with Crippen molar-refractivity contribution in [2.45, 2.75) is 27.7 Å². The minimum Gasteiger partial charge on any atom is -0.411 e. The first-order valence-electron chi connectivity index (χ1n) is 5.99. The van der Waals surface area contributed by atoms with Crippen molar-refractivity contribution < 1.29 is 5.21 Å². The second-order valence-electron chi connectivity index (χ2n) is 4.63. The summed E-state index contributed by atoms with van der Waals surface area (Å²) in [6.07, 6.45) is 1.48. The first kappa shape index (κ1) is 12.4. The second-order valence-corrected chi connectivity index (χ2v) is 4.63. The van der Waals surface area contributed by atoms with Gasteiger partial charge in [-0.3, -0.25) is 0 Å². The van der Waals surface area contributed by atoms with Crippen LogP contribution in [0.3, 0.4) is 0 Å². The smallest absolute Gasteiger partial charge is 0.0752 e. The van der Waals surface area contributed by atoms with Crippen molar-refractivity contribution in [2.75, 3.05) is 0 Å². The number of aromatic nitrogens is 1. The van der Waals surface area contributed by atoms with Crippen molar-refractivity contribution in [1.29, 1.82) is 0 Å². The summed E-state index contributed by atoms with van der Waals surface area (Å²) in [4.78, 5) is 0. The zero-order valence-electron chi connectivity index (χ0n) is 11.2. The summed E-state index contributed by atoms with van der Waals surface area (Å²) in [6, 6.07) is 8.32. The number of nitrogens with zero attached hydrogens (tertiary/aromatic N) is 2. The Morgan fingerprint density at radius 3 is 2.56 bits per heavy atom. The average molecular weight is 242 g/mol. The zero-order chi connectivity index (χ0) is 13.3.